The van der Waals surface area contributed by atoms with Crippen molar-refractivity contribution >= 4 is 46.6 Å². The molecule has 0 unspecified atom stereocenters. The van der Waals surface area contributed by atoms with Gasteiger partial charge >= 0.3 is 6.09 Å². The molecule has 3 N–H and O–H groups in total. The zero-order chi connectivity index (χ0) is 23.9. The fourth-order valence-electron chi connectivity index (χ4n) is 3.64. The number of aromatic nitrogens is 1. The zero-order valence-electron chi connectivity index (χ0n) is 18.3. The number of nitrogens with one attached hydrogen (secondary N) is 3. The van der Waals surface area contributed by atoms with Crippen molar-refractivity contribution < 1.29 is 14.3 Å². The molecular weight excluding hydrogens is 454 g/mol. The highest BCUT2D eigenvalue weighted by Crippen LogP contribution is 2.25. The summed E-state index contributed by atoms with van der Waals surface area (Å²) in [6, 6.07) is 19.2. The third kappa shape index (κ3) is 5.90. The highest BCUT2D eigenvalue weighted by Gasteiger charge is 2.26. The van der Waals surface area contributed by atoms with Gasteiger partial charge in [-0.2, -0.15) is 0 Å². The van der Waals surface area contributed by atoms with Gasteiger partial charge in [0.1, 0.15) is 11.7 Å². The lowest BCUT2D eigenvalue weighted by atomic mass is 10.1. The molecule has 1 atom stereocenters. The first-order valence-corrected chi connectivity index (χ1v) is 11.3. The van der Waals surface area contributed by atoms with E-state index < -0.39 is 18.1 Å². The molecule has 9 heteroatoms. The molecule has 0 bridgehead atoms. The summed E-state index contributed by atoms with van der Waals surface area (Å²) < 4.78 is 5.47. The second-order valence-electron chi connectivity index (χ2n) is 7.77. The quantitative estimate of drug-likeness (QED) is 0.426. The molecule has 8 nitrogen and oxygen atoms in total. The number of pyridine rings is 1. The maximum Gasteiger partial charge on any atom is 0.413 e. The van der Waals surface area contributed by atoms with Gasteiger partial charge in [-0.05, 0) is 49.2 Å². The average Bonchev–Trinajstić information content (AvgIpc) is 2.85. The molecule has 1 saturated heterocycles. The number of carbonyl (C=O) groups excluding carboxylic acids is 2. The molecule has 174 valence electrons. The van der Waals surface area contributed by atoms with Crippen LogP contribution in [0, 0.1) is 5.41 Å². The highest BCUT2D eigenvalue weighted by molar-refractivity contribution is 6.30. The molecule has 1 aliphatic heterocycles. The van der Waals surface area contributed by atoms with Crippen LogP contribution in [0.3, 0.4) is 0 Å². The third-order valence-electron chi connectivity index (χ3n) is 5.34. The molecule has 1 aliphatic rings. The minimum absolute atomic E-state index is 0.250. The molecule has 0 saturated carbocycles. The maximum atomic E-state index is 13.1. The van der Waals surface area contributed by atoms with Crippen LogP contribution in [0.1, 0.15) is 30.9 Å². The molecule has 3 aromatic rings. The average molecular weight is 478 g/mol. The standard InChI is InChI=1S/C25H24ClN5O3/c26-18-9-14-22(28-16-18)30-25(33)34-23(17-6-2-1-3-7-17)24(32)29-19-10-12-20(13-11-19)31-15-5-4-8-21(31)27/h1-3,6-7,9-14,16,23,27H,4-5,8,15H2,(H,29,32)(H,28,30,33)/t23-/m1/s1. The van der Waals surface area contributed by atoms with Crippen LogP contribution in [-0.4, -0.2) is 29.4 Å². The SMILES string of the molecule is N=C1CCCCN1c1ccc(NC(=O)[C@H](OC(=O)Nc2ccc(Cl)cn2)c2ccccc2)cc1. The predicted octanol–water partition coefficient (Wildman–Crippen LogP) is 5.63. The van der Waals surface area contributed by atoms with Crippen molar-refractivity contribution in [1.82, 2.24) is 4.98 Å². The summed E-state index contributed by atoms with van der Waals surface area (Å²) in [5, 5.41) is 13.9. The number of rotatable bonds is 6. The molecule has 1 aromatic heterocycles. The Morgan fingerprint density at radius 1 is 1.00 bits per heavy atom. The van der Waals surface area contributed by atoms with Crippen LogP contribution in [0.15, 0.2) is 72.9 Å². The number of nitrogens with zero attached hydrogens (tertiary/aromatic N) is 2. The van der Waals surface area contributed by atoms with Gasteiger partial charge in [-0.15, -0.1) is 0 Å². The zero-order valence-corrected chi connectivity index (χ0v) is 19.1. The second kappa shape index (κ2) is 10.8. The minimum atomic E-state index is -1.18. The van der Waals surface area contributed by atoms with Crippen LogP contribution >= 0.6 is 11.6 Å². The summed E-state index contributed by atoms with van der Waals surface area (Å²) in [5.74, 6) is 0.353. The minimum Gasteiger partial charge on any atom is -0.431 e. The van der Waals surface area contributed by atoms with E-state index in [1.54, 1.807) is 42.5 Å². The summed E-state index contributed by atoms with van der Waals surface area (Å²) >= 11 is 5.82. The summed E-state index contributed by atoms with van der Waals surface area (Å²) in [6.07, 6.45) is 2.24. The predicted molar refractivity (Wildman–Crippen MR) is 133 cm³/mol. The van der Waals surface area contributed by atoms with Crippen molar-refractivity contribution in [3.05, 3.63) is 83.5 Å². The lowest BCUT2D eigenvalue weighted by molar-refractivity contribution is -0.124. The van der Waals surface area contributed by atoms with Crippen molar-refractivity contribution in [3.8, 4) is 0 Å². The van der Waals surface area contributed by atoms with Gasteiger partial charge in [-0.3, -0.25) is 15.5 Å². The Morgan fingerprint density at radius 2 is 1.76 bits per heavy atom. The van der Waals surface area contributed by atoms with Crippen molar-refractivity contribution in [1.29, 1.82) is 5.41 Å². The largest absolute Gasteiger partial charge is 0.431 e. The van der Waals surface area contributed by atoms with Gasteiger partial charge in [0.05, 0.1) is 5.02 Å². The first-order valence-electron chi connectivity index (χ1n) is 10.9. The number of halogens is 1. The van der Waals surface area contributed by atoms with Gasteiger partial charge in [-0.25, -0.2) is 9.78 Å². The van der Waals surface area contributed by atoms with E-state index in [2.05, 4.69) is 15.6 Å². The van der Waals surface area contributed by atoms with Crippen molar-refractivity contribution in [2.75, 3.05) is 22.1 Å². The Labute approximate surface area is 202 Å². The number of carbonyl (C=O) groups is 2. The molecule has 2 amide bonds. The number of amides is 2. The van der Waals surface area contributed by atoms with E-state index in [0.717, 1.165) is 31.5 Å². The Bertz CT molecular complexity index is 1150. The molecule has 1 fully saturated rings. The number of piperidine rings is 1. The van der Waals surface area contributed by atoms with Crippen molar-refractivity contribution in [3.63, 3.8) is 0 Å². The molecule has 0 spiro atoms. The van der Waals surface area contributed by atoms with Crippen LogP contribution in [0.25, 0.3) is 0 Å². The van der Waals surface area contributed by atoms with Crippen LogP contribution in [0.4, 0.5) is 22.0 Å². The molecule has 34 heavy (non-hydrogen) atoms. The Morgan fingerprint density at radius 3 is 2.44 bits per heavy atom. The van der Waals surface area contributed by atoms with Gasteiger partial charge < -0.3 is 15.0 Å². The molecule has 2 aromatic carbocycles. The molecule has 0 aliphatic carbocycles. The van der Waals surface area contributed by atoms with E-state index in [1.165, 1.54) is 12.3 Å². The summed E-state index contributed by atoms with van der Waals surface area (Å²) in [7, 11) is 0. The molecule has 0 radical (unpaired) electrons. The lowest BCUT2D eigenvalue weighted by Crippen LogP contribution is -2.34. The van der Waals surface area contributed by atoms with E-state index in [0.29, 0.717) is 22.1 Å². The number of hydrogen-bond acceptors (Lipinski definition) is 5. The van der Waals surface area contributed by atoms with Crippen LogP contribution in [0.5, 0.6) is 0 Å². The summed E-state index contributed by atoms with van der Waals surface area (Å²) in [4.78, 5) is 31.5. The third-order valence-corrected chi connectivity index (χ3v) is 5.56. The second-order valence-corrected chi connectivity index (χ2v) is 8.21. The molecule has 4 rings (SSSR count). The van der Waals surface area contributed by atoms with E-state index in [4.69, 9.17) is 21.7 Å². The number of hydrogen-bond donors (Lipinski definition) is 3. The monoisotopic (exact) mass is 477 g/mol. The van der Waals surface area contributed by atoms with Gasteiger partial charge in [0.25, 0.3) is 5.91 Å². The first-order chi connectivity index (χ1) is 16.5. The topological polar surface area (TPSA) is 107 Å². The smallest absolute Gasteiger partial charge is 0.413 e. The van der Waals surface area contributed by atoms with E-state index >= 15 is 0 Å². The number of amidine groups is 1. The molecule has 2 heterocycles. The number of ether oxygens (including phenoxy) is 1. The van der Waals surface area contributed by atoms with Gasteiger partial charge in [0, 0.05) is 36.1 Å². The van der Waals surface area contributed by atoms with Gasteiger partial charge in [-0.1, -0.05) is 41.9 Å². The Balaban J connectivity index is 1.45. The first kappa shape index (κ1) is 23.3. The fourth-order valence-corrected chi connectivity index (χ4v) is 3.75. The van der Waals surface area contributed by atoms with Crippen molar-refractivity contribution in [2.45, 2.75) is 25.4 Å². The van der Waals surface area contributed by atoms with Crippen molar-refractivity contribution in [2.24, 2.45) is 0 Å². The van der Waals surface area contributed by atoms with E-state index in [1.807, 2.05) is 23.1 Å². The Hall–Kier alpha value is -3.91. The van der Waals surface area contributed by atoms with Crippen LogP contribution in [-0.2, 0) is 9.53 Å². The maximum absolute atomic E-state index is 13.1. The Kier molecular flexibility index (Phi) is 7.39. The fraction of sp³-hybridized carbons (Fsp3) is 0.200. The summed E-state index contributed by atoms with van der Waals surface area (Å²) in [6.45, 7) is 0.812. The number of benzene rings is 2. The van der Waals surface area contributed by atoms with E-state index in [9.17, 15) is 9.59 Å². The highest BCUT2D eigenvalue weighted by atomic mass is 35.5. The normalized spacial score (nSPS) is 14.3. The lowest BCUT2D eigenvalue weighted by Gasteiger charge is -2.29. The van der Waals surface area contributed by atoms with Crippen LogP contribution in [0.2, 0.25) is 5.02 Å². The van der Waals surface area contributed by atoms with Gasteiger partial charge in [0.2, 0.25) is 6.10 Å². The van der Waals surface area contributed by atoms with E-state index in [-0.39, 0.29) is 5.82 Å². The molecular formula is C25H24ClN5O3. The van der Waals surface area contributed by atoms with Crippen LogP contribution < -0.4 is 15.5 Å². The van der Waals surface area contributed by atoms with Gasteiger partial charge in [0.15, 0.2) is 0 Å². The number of anilines is 3. The summed E-state index contributed by atoms with van der Waals surface area (Å²) in [5.41, 5.74) is 1.99.